The van der Waals surface area contributed by atoms with E-state index < -0.39 is 42.3 Å². The maximum absolute atomic E-state index is 14.1. The van der Waals surface area contributed by atoms with E-state index in [0.29, 0.717) is 5.69 Å². The van der Waals surface area contributed by atoms with Crippen LogP contribution in [-0.2, 0) is 30.3 Å². The Hall–Kier alpha value is -4.26. The Bertz CT molecular complexity index is 1400. The predicted octanol–water partition coefficient (Wildman–Crippen LogP) is 4.65. The molecule has 7 heteroatoms. The summed E-state index contributed by atoms with van der Waals surface area (Å²) in [6.45, 7) is 5.10. The molecule has 1 saturated heterocycles. The minimum atomic E-state index is -1.12. The second kappa shape index (κ2) is 10.0. The van der Waals surface area contributed by atoms with Crippen molar-refractivity contribution in [2.75, 3.05) is 11.9 Å². The van der Waals surface area contributed by atoms with Gasteiger partial charge in [-0.2, -0.15) is 0 Å². The number of hydrogen-bond acceptors (Lipinski definition) is 5. The lowest BCUT2D eigenvalue weighted by molar-refractivity contribution is -0.162. The molecule has 7 nitrogen and oxygen atoms in total. The smallest absolute Gasteiger partial charge is 0.330 e. The lowest BCUT2D eigenvalue weighted by Gasteiger charge is -2.45. The Labute approximate surface area is 233 Å². The number of benzene rings is 3. The topological polar surface area (TPSA) is 92.8 Å². The van der Waals surface area contributed by atoms with E-state index in [9.17, 15) is 19.2 Å². The summed E-state index contributed by atoms with van der Waals surface area (Å²) < 4.78 is 5.40. The number of aryl methyl sites for hydroxylation is 1. The van der Waals surface area contributed by atoms with Crippen molar-refractivity contribution in [2.45, 2.75) is 45.1 Å². The van der Waals surface area contributed by atoms with Gasteiger partial charge in [-0.15, -0.1) is 0 Å². The van der Waals surface area contributed by atoms with E-state index in [-0.39, 0.29) is 23.7 Å². The quantitative estimate of drug-likeness (QED) is 0.351. The minimum absolute atomic E-state index is 0.252. The zero-order valence-electron chi connectivity index (χ0n) is 22.8. The average molecular weight is 537 g/mol. The molecule has 204 valence electrons. The fourth-order valence-electron chi connectivity index (χ4n) is 6.89. The Morgan fingerprint density at radius 2 is 1.27 bits per heavy atom. The third kappa shape index (κ3) is 4.03. The van der Waals surface area contributed by atoms with Crippen molar-refractivity contribution in [3.05, 3.63) is 101 Å². The number of rotatable bonds is 7. The monoisotopic (exact) mass is 536 g/mol. The molecular weight excluding hydrogens is 504 g/mol. The van der Waals surface area contributed by atoms with Gasteiger partial charge >= 0.3 is 5.97 Å². The molecule has 1 aliphatic heterocycles. The molecule has 7 rings (SSSR count). The van der Waals surface area contributed by atoms with Crippen LogP contribution in [0.1, 0.15) is 60.4 Å². The number of imide groups is 1. The van der Waals surface area contributed by atoms with Gasteiger partial charge in [-0.05, 0) is 52.3 Å². The standard InChI is InChI=1S/C33H32N2O5/c1-4-19-13-15-20(16-14-19)34-25(36)17-40-33(39)30(18(2)3)35-31(37)28-26-21-9-5-6-10-22(21)27(29(28)32(35)38)24-12-8-7-11-23(24)26/h5-16,18,26-30H,4,17H2,1-3H3,(H,34,36)/t26?,27?,28-,29-,30+/m1/s1. The highest BCUT2D eigenvalue weighted by atomic mass is 16.5. The van der Waals surface area contributed by atoms with Gasteiger partial charge in [-0.3, -0.25) is 19.3 Å². The van der Waals surface area contributed by atoms with Crippen LogP contribution in [0.15, 0.2) is 72.8 Å². The van der Waals surface area contributed by atoms with Crippen molar-refractivity contribution in [1.29, 1.82) is 0 Å². The Balaban J connectivity index is 1.24. The summed E-state index contributed by atoms with van der Waals surface area (Å²) in [7, 11) is 0. The minimum Gasteiger partial charge on any atom is -0.454 e. The molecule has 1 N–H and O–H groups in total. The van der Waals surface area contributed by atoms with Crippen LogP contribution in [0.25, 0.3) is 0 Å². The molecular formula is C33H32N2O5. The highest BCUT2D eigenvalue weighted by Crippen LogP contribution is 2.61. The molecule has 0 saturated carbocycles. The highest BCUT2D eigenvalue weighted by Gasteiger charge is 2.63. The summed E-state index contributed by atoms with van der Waals surface area (Å²) in [5.74, 6) is -3.99. The van der Waals surface area contributed by atoms with Gasteiger partial charge in [0.05, 0.1) is 11.8 Å². The maximum atomic E-state index is 14.1. The van der Waals surface area contributed by atoms with E-state index >= 15 is 0 Å². The number of nitrogens with one attached hydrogen (secondary N) is 1. The van der Waals surface area contributed by atoms with Crippen LogP contribution in [0.5, 0.6) is 0 Å². The number of nitrogens with zero attached hydrogens (tertiary/aromatic N) is 1. The number of hydrogen-bond donors (Lipinski definition) is 1. The lowest BCUT2D eigenvalue weighted by Crippen LogP contribution is -2.49. The second-order valence-electron chi connectivity index (χ2n) is 11.2. The van der Waals surface area contributed by atoms with E-state index in [2.05, 4.69) is 5.32 Å². The molecule has 2 bridgehead atoms. The van der Waals surface area contributed by atoms with Crippen LogP contribution in [0, 0.1) is 17.8 Å². The molecule has 4 aliphatic rings. The fraction of sp³-hybridized carbons (Fsp3) is 0.333. The first-order valence-electron chi connectivity index (χ1n) is 13.9. The molecule has 40 heavy (non-hydrogen) atoms. The normalized spacial score (nSPS) is 22.9. The van der Waals surface area contributed by atoms with Gasteiger partial charge in [0, 0.05) is 17.5 Å². The largest absolute Gasteiger partial charge is 0.454 e. The van der Waals surface area contributed by atoms with Gasteiger partial charge in [-0.1, -0.05) is 81.4 Å². The number of ether oxygens (including phenoxy) is 1. The van der Waals surface area contributed by atoms with Gasteiger partial charge in [0.25, 0.3) is 5.91 Å². The Morgan fingerprint density at radius 1 is 0.800 bits per heavy atom. The Kier molecular flexibility index (Phi) is 6.53. The van der Waals surface area contributed by atoms with Crippen LogP contribution in [-0.4, -0.2) is 41.2 Å². The van der Waals surface area contributed by atoms with Gasteiger partial charge in [0.2, 0.25) is 11.8 Å². The van der Waals surface area contributed by atoms with Gasteiger partial charge < -0.3 is 10.1 Å². The van der Waals surface area contributed by atoms with Crippen molar-refractivity contribution in [3.8, 4) is 0 Å². The molecule has 0 radical (unpaired) electrons. The van der Waals surface area contributed by atoms with Gasteiger partial charge in [0.1, 0.15) is 6.04 Å². The molecule has 3 aromatic carbocycles. The molecule has 3 aromatic rings. The lowest BCUT2D eigenvalue weighted by atomic mass is 9.55. The van der Waals surface area contributed by atoms with E-state index in [1.54, 1.807) is 26.0 Å². The number of likely N-dealkylation sites (tertiary alicyclic amines) is 1. The zero-order chi connectivity index (χ0) is 28.1. The van der Waals surface area contributed by atoms with Gasteiger partial charge in [-0.25, -0.2) is 4.79 Å². The highest BCUT2D eigenvalue weighted by molar-refractivity contribution is 6.10. The first-order chi connectivity index (χ1) is 19.3. The number of esters is 1. The number of carbonyl (C=O) groups excluding carboxylic acids is 4. The summed E-state index contributed by atoms with van der Waals surface area (Å²) in [5.41, 5.74) is 6.03. The third-order valence-corrected chi connectivity index (χ3v) is 8.63. The van der Waals surface area contributed by atoms with Crippen LogP contribution in [0.4, 0.5) is 5.69 Å². The maximum Gasteiger partial charge on any atom is 0.330 e. The number of carbonyl (C=O) groups is 4. The third-order valence-electron chi connectivity index (χ3n) is 8.63. The van der Waals surface area contributed by atoms with E-state index in [1.165, 1.54) is 0 Å². The number of anilines is 1. The SMILES string of the molecule is CCc1ccc(NC(=O)COC(=O)[C@H](C(C)C)N2C(=O)[C@@H]3C4c5ccccc5C(c5ccccc54)[C@H]3C2=O)cc1. The summed E-state index contributed by atoms with van der Waals surface area (Å²) in [5, 5.41) is 2.72. The summed E-state index contributed by atoms with van der Waals surface area (Å²) in [6, 6.07) is 22.4. The second-order valence-corrected chi connectivity index (χ2v) is 11.2. The van der Waals surface area contributed by atoms with Crippen LogP contribution in [0.2, 0.25) is 0 Å². The first kappa shape index (κ1) is 26.0. The van der Waals surface area contributed by atoms with Crippen molar-refractivity contribution in [2.24, 2.45) is 17.8 Å². The molecule has 0 spiro atoms. The molecule has 0 unspecified atom stereocenters. The van der Waals surface area contributed by atoms with Crippen molar-refractivity contribution in [3.63, 3.8) is 0 Å². The molecule has 3 atom stereocenters. The fourth-order valence-corrected chi connectivity index (χ4v) is 6.89. The summed E-state index contributed by atoms with van der Waals surface area (Å²) >= 11 is 0. The Morgan fingerprint density at radius 3 is 1.70 bits per heavy atom. The molecule has 3 aliphatic carbocycles. The van der Waals surface area contributed by atoms with E-state index in [1.807, 2.05) is 67.6 Å². The average Bonchev–Trinajstić information content (AvgIpc) is 3.22. The predicted molar refractivity (Wildman–Crippen MR) is 149 cm³/mol. The molecule has 1 fully saturated rings. The first-order valence-corrected chi connectivity index (χ1v) is 13.9. The summed E-state index contributed by atoms with van der Waals surface area (Å²) in [4.78, 5) is 55.2. The van der Waals surface area contributed by atoms with Crippen LogP contribution >= 0.6 is 0 Å². The van der Waals surface area contributed by atoms with E-state index in [4.69, 9.17) is 4.74 Å². The van der Waals surface area contributed by atoms with Crippen LogP contribution < -0.4 is 5.32 Å². The molecule has 1 heterocycles. The van der Waals surface area contributed by atoms with E-state index in [0.717, 1.165) is 39.1 Å². The number of amides is 3. The summed E-state index contributed by atoms with van der Waals surface area (Å²) in [6.07, 6.45) is 0.887. The van der Waals surface area contributed by atoms with Crippen molar-refractivity contribution in [1.82, 2.24) is 4.90 Å². The molecule has 0 aromatic heterocycles. The molecule has 3 amide bonds. The van der Waals surface area contributed by atoms with Crippen LogP contribution in [0.3, 0.4) is 0 Å². The van der Waals surface area contributed by atoms with Crippen molar-refractivity contribution < 1.29 is 23.9 Å². The van der Waals surface area contributed by atoms with Gasteiger partial charge in [0.15, 0.2) is 6.61 Å². The zero-order valence-corrected chi connectivity index (χ0v) is 22.8. The van der Waals surface area contributed by atoms with Crippen molar-refractivity contribution >= 4 is 29.4 Å².